The molecule has 0 aromatic heterocycles. The van der Waals surface area contributed by atoms with Crippen molar-refractivity contribution in [3.63, 3.8) is 0 Å². The number of carbonyl (C=O) groups is 2. The topological polar surface area (TPSA) is 58.2 Å². The minimum atomic E-state index is -0.502. The fourth-order valence-corrected chi connectivity index (χ4v) is 4.77. The second-order valence-electron chi connectivity index (χ2n) is 8.15. The van der Waals surface area contributed by atoms with Crippen LogP contribution in [0.25, 0.3) is 0 Å². The van der Waals surface area contributed by atoms with Crippen molar-refractivity contribution in [2.75, 3.05) is 10.6 Å². The summed E-state index contributed by atoms with van der Waals surface area (Å²) in [5.41, 5.74) is 4.65. The molecule has 0 saturated heterocycles. The Morgan fingerprint density at radius 3 is 2.11 bits per heavy atom. The summed E-state index contributed by atoms with van der Waals surface area (Å²) in [4.78, 5) is 26.8. The van der Waals surface area contributed by atoms with Gasteiger partial charge in [-0.05, 0) is 73.0 Å². The monoisotopic (exact) mass is 484 g/mol. The standard InChI is InChI=1S/C29H25FN2O2S/c1-19-8-6-9-20(2)26(19)32-29(34)27(21-10-4-3-5-11-21)35-25-13-7-12-24(18-25)31-28(33)22-14-16-23(30)17-15-22/h3-18,27H,1-2H3,(H,31,33)(H,32,34). The van der Waals surface area contributed by atoms with Crippen LogP contribution in [0.15, 0.2) is 102 Å². The lowest BCUT2D eigenvalue weighted by Crippen LogP contribution is -2.20. The van der Waals surface area contributed by atoms with Crippen molar-refractivity contribution in [3.8, 4) is 0 Å². The number of carbonyl (C=O) groups excluding carboxylic acids is 2. The zero-order valence-electron chi connectivity index (χ0n) is 19.4. The molecule has 2 amide bonds. The summed E-state index contributed by atoms with van der Waals surface area (Å²) in [5, 5.41) is 5.45. The van der Waals surface area contributed by atoms with E-state index in [1.54, 1.807) is 6.07 Å². The van der Waals surface area contributed by atoms with Gasteiger partial charge in [-0.2, -0.15) is 0 Å². The van der Waals surface area contributed by atoms with Crippen LogP contribution in [0.1, 0.15) is 32.3 Å². The van der Waals surface area contributed by atoms with Crippen molar-refractivity contribution < 1.29 is 14.0 Å². The van der Waals surface area contributed by atoms with Crippen LogP contribution in [0.2, 0.25) is 0 Å². The second kappa shape index (κ2) is 11.0. The number of rotatable bonds is 7. The van der Waals surface area contributed by atoms with E-state index in [-0.39, 0.29) is 11.8 Å². The number of thioether (sulfide) groups is 1. The first-order valence-electron chi connectivity index (χ1n) is 11.2. The summed E-state index contributed by atoms with van der Waals surface area (Å²) < 4.78 is 13.2. The molecule has 1 unspecified atom stereocenters. The Morgan fingerprint density at radius 2 is 1.43 bits per heavy atom. The molecule has 176 valence electrons. The number of nitrogens with one attached hydrogen (secondary N) is 2. The Labute approximate surface area is 208 Å². The van der Waals surface area contributed by atoms with Gasteiger partial charge in [0.15, 0.2) is 0 Å². The van der Waals surface area contributed by atoms with Gasteiger partial charge in [-0.15, -0.1) is 11.8 Å². The molecule has 0 fully saturated rings. The van der Waals surface area contributed by atoms with Gasteiger partial charge in [-0.3, -0.25) is 9.59 Å². The SMILES string of the molecule is Cc1cccc(C)c1NC(=O)C(Sc1cccc(NC(=O)c2ccc(F)cc2)c1)c1ccccc1. The summed E-state index contributed by atoms with van der Waals surface area (Å²) in [6.07, 6.45) is 0. The van der Waals surface area contributed by atoms with Crippen LogP contribution in [0.3, 0.4) is 0 Å². The number of hydrogen-bond donors (Lipinski definition) is 2. The lowest BCUT2D eigenvalue weighted by atomic mass is 10.1. The molecule has 0 spiro atoms. The fourth-order valence-electron chi connectivity index (χ4n) is 3.69. The number of halogens is 1. The molecule has 0 radical (unpaired) electrons. The van der Waals surface area contributed by atoms with Gasteiger partial charge in [0.2, 0.25) is 5.91 Å². The van der Waals surface area contributed by atoms with Gasteiger partial charge >= 0.3 is 0 Å². The molecule has 4 nitrogen and oxygen atoms in total. The predicted octanol–water partition coefficient (Wildman–Crippen LogP) is 7.17. The minimum absolute atomic E-state index is 0.126. The van der Waals surface area contributed by atoms with E-state index < -0.39 is 11.1 Å². The second-order valence-corrected chi connectivity index (χ2v) is 9.33. The van der Waals surface area contributed by atoms with Gasteiger partial charge in [0.05, 0.1) is 0 Å². The molecule has 0 heterocycles. The van der Waals surface area contributed by atoms with Crippen molar-refractivity contribution >= 4 is 35.0 Å². The van der Waals surface area contributed by atoms with E-state index in [4.69, 9.17) is 0 Å². The Bertz CT molecular complexity index is 1320. The highest BCUT2D eigenvalue weighted by Gasteiger charge is 2.23. The largest absolute Gasteiger partial charge is 0.324 e. The summed E-state index contributed by atoms with van der Waals surface area (Å²) >= 11 is 1.41. The molecule has 0 bridgehead atoms. The molecule has 0 saturated carbocycles. The number of para-hydroxylation sites is 1. The molecule has 35 heavy (non-hydrogen) atoms. The summed E-state index contributed by atoms with van der Waals surface area (Å²) in [7, 11) is 0. The Balaban J connectivity index is 1.56. The molecule has 2 N–H and O–H groups in total. The van der Waals surface area contributed by atoms with Crippen LogP contribution in [0.4, 0.5) is 15.8 Å². The normalized spacial score (nSPS) is 11.5. The maximum atomic E-state index is 13.5. The smallest absolute Gasteiger partial charge is 0.255 e. The van der Waals surface area contributed by atoms with Gasteiger partial charge in [-0.1, -0.05) is 54.6 Å². The van der Waals surface area contributed by atoms with Crippen molar-refractivity contribution in [1.29, 1.82) is 0 Å². The molecular weight excluding hydrogens is 459 g/mol. The first kappa shape index (κ1) is 24.2. The third-order valence-corrected chi connectivity index (χ3v) is 6.77. The van der Waals surface area contributed by atoms with Crippen LogP contribution in [-0.2, 0) is 4.79 Å². The quantitative estimate of drug-likeness (QED) is 0.274. The van der Waals surface area contributed by atoms with E-state index in [0.717, 1.165) is 27.3 Å². The zero-order valence-corrected chi connectivity index (χ0v) is 20.2. The Morgan fingerprint density at radius 1 is 0.771 bits per heavy atom. The van der Waals surface area contributed by atoms with Crippen LogP contribution < -0.4 is 10.6 Å². The maximum Gasteiger partial charge on any atom is 0.255 e. The van der Waals surface area contributed by atoms with Crippen LogP contribution in [-0.4, -0.2) is 11.8 Å². The number of aryl methyl sites for hydroxylation is 2. The van der Waals surface area contributed by atoms with E-state index in [1.807, 2.05) is 80.6 Å². The first-order valence-corrected chi connectivity index (χ1v) is 12.0. The van der Waals surface area contributed by atoms with Gasteiger partial charge in [-0.25, -0.2) is 4.39 Å². The van der Waals surface area contributed by atoms with Gasteiger partial charge < -0.3 is 10.6 Å². The van der Waals surface area contributed by atoms with E-state index in [1.165, 1.54) is 36.0 Å². The minimum Gasteiger partial charge on any atom is -0.324 e. The van der Waals surface area contributed by atoms with Gasteiger partial charge in [0.25, 0.3) is 5.91 Å². The Hall–Kier alpha value is -3.90. The molecule has 4 rings (SSSR count). The zero-order chi connectivity index (χ0) is 24.8. The lowest BCUT2D eigenvalue weighted by Gasteiger charge is -2.19. The average Bonchev–Trinajstić information content (AvgIpc) is 2.86. The first-order chi connectivity index (χ1) is 16.9. The number of benzene rings is 4. The molecule has 0 aliphatic heterocycles. The predicted molar refractivity (Wildman–Crippen MR) is 140 cm³/mol. The van der Waals surface area contributed by atoms with E-state index in [2.05, 4.69) is 10.6 Å². The van der Waals surface area contributed by atoms with Crippen LogP contribution in [0, 0.1) is 19.7 Å². The molecule has 4 aromatic carbocycles. The summed E-state index contributed by atoms with van der Waals surface area (Å²) in [6, 6.07) is 28.2. The third kappa shape index (κ3) is 6.16. The highest BCUT2D eigenvalue weighted by molar-refractivity contribution is 8.00. The van der Waals surface area contributed by atoms with Crippen LogP contribution in [0.5, 0.6) is 0 Å². The molecular formula is C29H25FN2O2S. The maximum absolute atomic E-state index is 13.5. The average molecular weight is 485 g/mol. The van der Waals surface area contributed by atoms with E-state index in [9.17, 15) is 14.0 Å². The van der Waals surface area contributed by atoms with E-state index in [0.29, 0.717) is 11.3 Å². The third-order valence-electron chi connectivity index (χ3n) is 5.52. The van der Waals surface area contributed by atoms with Gasteiger partial charge in [0, 0.05) is 21.8 Å². The number of hydrogen-bond acceptors (Lipinski definition) is 3. The summed E-state index contributed by atoms with van der Waals surface area (Å²) in [6.45, 7) is 3.95. The van der Waals surface area contributed by atoms with E-state index >= 15 is 0 Å². The lowest BCUT2D eigenvalue weighted by molar-refractivity contribution is -0.115. The van der Waals surface area contributed by atoms with Crippen molar-refractivity contribution in [3.05, 3.63) is 125 Å². The molecule has 0 aliphatic rings. The highest BCUT2D eigenvalue weighted by atomic mass is 32.2. The molecule has 0 aliphatic carbocycles. The van der Waals surface area contributed by atoms with Crippen molar-refractivity contribution in [1.82, 2.24) is 0 Å². The fraction of sp³-hybridized carbons (Fsp3) is 0.103. The number of anilines is 2. The molecule has 1 atom stereocenters. The number of amides is 2. The molecule has 4 aromatic rings. The van der Waals surface area contributed by atoms with Crippen LogP contribution >= 0.6 is 11.8 Å². The highest BCUT2D eigenvalue weighted by Crippen LogP contribution is 2.37. The summed E-state index contributed by atoms with van der Waals surface area (Å²) in [5.74, 6) is -0.857. The van der Waals surface area contributed by atoms with Crippen molar-refractivity contribution in [2.45, 2.75) is 24.0 Å². The van der Waals surface area contributed by atoms with Crippen molar-refractivity contribution in [2.24, 2.45) is 0 Å². The van der Waals surface area contributed by atoms with Gasteiger partial charge in [0.1, 0.15) is 11.1 Å². The Kier molecular flexibility index (Phi) is 7.63. The molecule has 6 heteroatoms.